The van der Waals surface area contributed by atoms with Crippen LogP contribution in [0.5, 0.6) is 0 Å². The van der Waals surface area contributed by atoms with Crippen LogP contribution in [0.3, 0.4) is 0 Å². The molecule has 0 radical (unpaired) electrons. The summed E-state index contributed by atoms with van der Waals surface area (Å²) in [6, 6.07) is 0. The molecule has 2 aliphatic rings. The van der Waals surface area contributed by atoms with Crippen molar-refractivity contribution in [1.29, 1.82) is 0 Å². The Labute approximate surface area is 143 Å². The lowest BCUT2D eigenvalue weighted by Gasteiger charge is -2.45. The molecule has 1 aliphatic carbocycles. The van der Waals surface area contributed by atoms with Gasteiger partial charge in [-0.1, -0.05) is 55.4 Å². The molecule has 23 heavy (non-hydrogen) atoms. The van der Waals surface area contributed by atoms with Crippen molar-refractivity contribution in [3.8, 4) is 0 Å². The van der Waals surface area contributed by atoms with Crippen LogP contribution in [0.25, 0.3) is 0 Å². The molecule has 1 heterocycles. The highest BCUT2D eigenvalue weighted by Gasteiger charge is 2.59. The Kier molecular flexibility index (Phi) is 4.83. The summed E-state index contributed by atoms with van der Waals surface area (Å²) in [6.07, 6.45) is 4.30. The average molecular weight is 323 g/mol. The lowest BCUT2D eigenvalue weighted by atomic mass is 9.58. The van der Waals surface area contributed by atoms with Gasteiger partial charge in [0.15, 0.2) is 0 Å². The fraction of sp³-hybridized carbons (Fsp3) is 0.952. The molecule has 1 saturated carbocycles. The molecule has 0 aromatic rings. The predicted octanol–water partition coefficient (Wildman–Crippen LogP) is 5.50. The number of rotatable bonds is 4. The van der Waals surface area contributed by atoms with E-state index in [1.807, 2.05) is 0 Å². The standard InChI is InChI=1S/C21H38O2/c1-18(2,3)14-21(8,19(4,5)6)17(22)15-13-16(15)20(7)9-11-23-12-10-20/h15-16H,9-14H2,1-8H3/t15?,16-,21?/m0/s1. The van der Waals surface area contributed by atoms with Crippen molar-refractivity contribution in [3.63, 3.8) is 0 Å². The highest BCUT2D eigenvalue weighted by molar-refractivity contribution is 5.90. The number of carbonyl (C=O) groups is 1. The van der Waals surface area contributed by atoms with Gasteiger partial charge in [0.25, 0.3) is 0 Å². The molecule has 1 saturated heterocycles. The first-order valence-corrected chi connectivity index (χ1v) is 9.42. The Hall–Kier alpha value is -0.370. The molecule has 134 valence electrons. The molecule has 2 fully saturated rings. The summed E-state index contributed by atoms with van der Waals surface area (Å²) in [6.45, 7) is 19.8. The van der Waals surface area contributed by atoms with E-state index >= 15 is 0 Å². The minimum atomic E-state index is -0.244. The maximum atomic E-state index is 13.5. The van der Waals surface area contributed by atoms with Gasteiger partial charge in [-0.15, -0.1) is 0 Å². The SMILES string of the molecule is CC(C)(C)CC(C)(C(=O)C1C[C@@H]1C1(C)CCOCC1)C(C)(C)C. The first-order valence-electron chi connectivity index (χ1n) is 9.42. The van der Waals surface area contributed by atoms with E-state index in [0.717, 1.165) is 38.9 Å². The van der Waals surface area contributed by atoms with Gasteiger partial charge in [-0.3, -0.25) is 4.79 Å². The van der Waals surface area contributed by atoms with Crippen LogP contribution in [0.4, 0.5) is 0 Å². The van der Waals surface area contributed by atoms with Gasteiger partial charge in [0.2, 0.25) is 0 Å². The molecular formula is C21H38O2. The molecule has 2 nitrogen and oxygen atoms in total. The van der Waals surface area contributed by atoms with Crippen molar-refractivity contribution in [2.45, 2.75) is 81.1 Å². The number of carbonyl (C=O) groups excluding carboxylic acids is 1. The Morgan fingerprint density at radius 2 is 1.57 bits per heavy atom. The van der Waals surface area contributed by atoms with Crippen LogP contribution in [0.2, 0.25) is 0 Å². The van der Waals surface area contributed by atoms with Crippen molar-refractivity contribution >= 4 is 5.78 Å². The van der Waals surface area contributed by atoms with E-state index in [2.05, 4.69) is 55.4 Å². The summed E-state index contributed by atoms with van der Waals surface area (Å²) in [7, 11) is 0. The minimum absolute atomic E-state index is 0.00108. The molecule has 0 amide bonds. The van der Waals surface area contributed by atoms with Crippen LogP contribution >= 0.6 is 0 Å². The molecule has 0 N–H and O–H groups in total. The van der Waals surface area contributed by atoms with E-state index in [1.165, 1.54) is 0 Å². The van der Waals surface area contributed by atoms with Crippen LogP contribution in [0.1, 0.15) is 81.1 Å². The van der Waals surface area contributed by atoms with E-state index < -0.39 is 0 Å². The fourth-order valence-electron chi connectivity index (χ4n) is 4.66. The normalized spacial score (nSPS) is 30.6. The van der Waals surface area contributed by atoms with Gasteiger partial charge in [-0.05, 0) is 47.8 Å². The second-order valence-electron chi connectivity index (χ2n) is 10.9. The third-order valence-electron chi connectivity index (χ3n) is 6.74. The van der Waals surface area contributed by atoms with Gasteiger partial charge in [0, 0.05) is 24.5 Å². The van der Waals surface area contributed by atoms with Crippen LogP contribution < -0.4 is 0 Å². The largest absolute Gasteiger partial charge is 0.381 e. The lowest BCUT2D eigenvalue weighted by molar-refractivity contribution is -0.139. The minimum Gasteiger partial charge on any atom is -0.381 e. The quantitative estimate of drug-likeness (QED) is 0.683. The molecule has 0 bridgehead atoms. The summed E-state index contributed by atoms with van der Waals surface area (Å²) in [5.41, 5.74) is 0.247. The number of ether oxygens (including phenoxy) is 1. The Morgan fingerprint density at radius 1 is 1.04 bits per heavy atom. The highest BCUT2D eigenvalue weighted by atomic mass is 16.5. The first kappa shape index (κ1) is 19.0. The molecule has 0 aromatic carbocycles. The highest BCUT2D eigenvalue weighted by Crippen LogP contribution is 2.60. The van der Waals surface area contributed by atoms with Crippen molar-refractivity contribution < 1.29 is 9.53 Å². The molecule has 2 rings (SSSR count). The van der Waals surface area contributed by atoms with Gasteiger partial charge >= 0.3 is 0 Å². The molecule has 2 heteroatoms. The fourth-order valence-corrected chi connectivity index (χ4v) is 4.66. The van der Waals surface area contributed by atoms with Crippen molar-refractivity contribution in [2.75, 3.05) is 13.2 Å². The van der Waals surface area contributed by atoms with Crippen molar-refractivity contribution in [2.24, 2.45) is 33.5 Å². The van der Waals surface area contributed by atoms with Crippen LogP contribution in [-0.4, -0.2) is 19.0 Å². The van der Waals surface area contributed by atoms with Gasteiger partial charge in [0.05, 0.1) is 0 Å². The number of ketones is 1. The first-order chi connectivity index (χ1) is 10.3. The number of Topliss-reactive ketones (excluding diaryl/α,β-unsaturated/α-hetero) is 1. The zero-order chi connectivity index (χ0) is 17.7. The van der Waals surface area contributed by atoms with E-state index in [4.69, 9.17) is 4.74 Å². The van der Waals surface area contributed by atoms with Crippen molar-refractivity contribution in [1.82, 2.24) is 0 Å². The Bertz CT molecular complexity index is 445. The molecule has 0 spiro atoms. The Morgan fingerprint density at radius 3 is 2.00 bits per heavy atom. The van der Waals surface area contributed by atoms with E-state index in [1.54, 1.807) is 0 Å². The summed E-state index contributed by atoms with van der Waals surface area (Å²) < 4.78 is 5.54. The third-order valence-corrected chi connectivity index (χ3v) is 6.74. The summed E-state index contributed by atoms with van der Waals surface area (Å²) in [5, 5.41) is 0. The molecule has 1 aliphatic heterocycles. The summed E-state index contributed by atoms with van der Waals surface area (Å²) in [5.74, 6) is 1.39. The lowest BCUT2D eigenvalue weighted by Crippen LogP contribution is -2.45. The van der Waals surface area contributed by atoms with Gasteiger partial charge in [-0.2, -0.15) is 0 Å². The summed E-state index contributed by atoms with van der Waals surface area (Å²) in [4.78, 5) is 13.5. The van der Waals surface area contributed by atoms with E-state index in [9.17, 15) is 4.79 Å². The molecule has 3 atom stereocenters. The van der Waals surface area contributed by atoms with Gasteiger partial charge in [0.1, 0.15) is 5.78 Å². The number of hydrogen-bond acceptors (Lipinski definition) is 2. The predicted molar refractivity (Wildman–Crippen MR) is 96.4 cm³/mol. The summed E-state index contributed by atoms with van der Waals surface area (Å²) >= 11 is 0. The Balaban J connectivity index is 2.17. The van der Waals surface area contributed by atoms with Crippen LogP contribution in [0.15, 0.2) is 0 Å². The molecule has 2 unspecified atom stereocenters. The maximum absolute atomic E-state index is 13.5. The molecule has 0 aromatic heterocycles. The molecular weight excluding hydrogens is 284 g/mol. The smallest absolute Gasteiger partial charge is 0.142 e. The topological polar surface area (TPSA) is 26.3 Å². The third kappa shape index (κ3) is 3.83. The van der Waals surface area contributed by atoms with E-state index in [0.29, 0.717) is 17.1 Å². The maximum Gasteiger partial charge on any atom is 0.142 e. The van der Waals surface area contributed by atoms with Gasteiger partial charge in [-0.25, -0.2) is 0 Å². The van der Waals surface area contributed by atoms with E-state index in [-0.39, 0.29) is 22.2 Å². The van der Waals surface area contributed by atoms with Crippen LogP contribution in [0, 0.1) is 33.5 Å². The average Bonchev–Trinajstić information content (AvgIpc) is 3.16. The zero-order valence-corrected chi connectivity index (χ0v) is 16.7. The second-order valence-corrected chi connectivity index (χ2v) is 10.9. The number of hydrogen-bond donors (Lipinski definition) is 0. The monoisotopic (exact) mass is 322 g/mol. The van der Waals surface area contributed by atoms with Gasteiger partial charge < -0.3 is 4.74 Å². The second kappa shape index (κ2) is 5.86. The zero-order valence-electron chi connectivity index (χ0n) is 16.7. The van der Waals surface area contributed by atoms with Crippen molar-refractivity contribution in [3.05, 3.63) is 0 Å². The van der Waals surface area contributed by atoms with Crippen LogP contribution in [-0.2, 0) is 9.53 Å².